The SMILES string of the molecule is Nc1cccc(N2CCCC2c2cnccn2)c1. The Balaban J connectivity index is 1.92. The summed E-state index contributed by atoms with van der Waals surface area (Å²) in [5, 5.41) is 0. The summed E-state index contributed by atoms with van der Waals surface area (Å²) in [5.41, 5.74) is 8.87. The van der Waals surface area contributed by atoms with Gasteiger partial charge in [0.05, 0.1) is 17.9 Å². The van der Waals surface area contributed by atoms with E-state index in [2.05, 4.69) is 20.9 Å². The van der Waals surface area contributed by atoms with Crippen molar-refractivity contribution in [2.24, 2.45) is 0 Å². The number of hydrogen-bond acceptors (Lipinski definition) is 4. The van der Waals surface area contributed by atoms with E-state index in [9.17, 15) is 0 Å². The molecule has 4 heteroatoms. The third-order valence-electron chi connectivity index (χ3n) is 3.38. The van der Waals surface area contributed by atoms with Gasteiger partial charge in [0.1, 0.15) is 0 Å². The summed E-state index contributed by atoms with van der Waals surface area (Å²) in [7, 11) is 0. The molecule has 1 fully saturated rings. The van der Waals surface area contributed by atoms with Crippen LogP contribution in [0.2, 0.25) is 0 Å². The fourth-order valence-corrected chi connectivity index (χ4v) is 2.57. The second-order valence-electron chi connectivity index (χ2n) is 4.58. The minimum atomic E-state index is 0.320. The van der Waals surface area contributed by atoms with Crippen molar-refractivity contribution in [1.29, 1.82) is 0 Å². The first-order valence-electron chi connectivity index (χ1n) is 6.23. The highest BCUT2D eigenvalue weighted by Crippen LogP contribution is 2.35. The molecule has 1 saturated heterocycles. The Morgan fingerprint density at radius 1 is 1.28 bits per heavy atom. The lowest BCUT2D eigenvalue weighted by Crippen LogP contribution is -2.23. The lowest BCUT2D eigenvalue weighted by Gasteiger charge is -2.26. The van der Waals surface area contributed by atoms with Crippen LogP contribution in [0.15, 0.2) is 42.9 Å². The van der Waals surface area contributed by atoms with Gasteiger partial charge in [-0.15, -0.1) is 0 Å². The number of anilines is 2. The van der Waals surface area contributed by atoms with Crippen LogP contribution >= 0.6 is 0 Å². The molecule has 92 valence electrons. The van der Waals surface area contributed by atoms with E-state index in [1.807, 2.05) is 24.4 Å². The number of nitrogens with zero attached hydrogens (tertiary/aromatic N) is 3. The van der Waals surface area contributed by atoms with Gasteiger partial charge >= 0.3 is 0 Å². The molecule has 3 rings (SSSR count). The van der Waals surface area contributed by atoms with E-state index in [0.717, 1.165) is 24.3 Å². The van der Waals surface area contributed by atoms with Gasteiger partial charge < -0.3 is 10.6 Å². The lowest BCUT2D eigenvalue weighted by atomic mass is 10.1. The molecule has 1 aliphatic heterocycles. The smallest absolute Gasteiger partial charge is 0.0811 e. The van der Waals surface area contributed by atoms with Crippen molar-refractivity contribution in [2.75, 3.05) is 17.2 Å². The Bertz CT molecular complexity index is 526. The molecule has 0 saturated carbocycles. The molecule has 1 atom stereocenters. The maximum Gasteiger partial charge on any atom is 0.0811 e. The monoisotopic (exact) mass is 240 g/mol. The number of rotatable bonds is 2. The van der Waals surface area contributed by atoms with E-state index < -0.39 is 0 Å². The van der Waals surface area contributed by atoms with Crippen molar-refractivity contribution >= 4 is 11.4 Å². The summed E-state index contributed by atoms with van der Waals surface area (Å²) in [4.78, 5) is 10.9. The van der Waals surface area contributed by atoms with Crippen molar-refractivity contribution in [3.8, 4) is 0 Å². The van der Waals surface area contributed by atoms with Crippen LogP contribution in [-0.2, 0) is 0 Å². The molecule has 2 aromatic rings. The molecule has 4 nitrogen and oxygen atoms in total. The van der Waals surface area contributed by atoms with Crippen molar-refractivity contribution in [3.05, 3.63) is 48.5 Å². The quantitative estimate of drug-likeness (QED) is 0.819. The van der Waals surface area contributed by atoms with Gasteiger partial charge in [-0.3, -0.25) is 9.97 Å². The second kappa shape index (κ2) is 4.64. The first-order valence-corrected chi connectivity index (χ1v) is 6.23. The fraction of sp³-hybridized carbons (Fsp3) is 0.286. The maximum atomic E-state index is 5.86. The number of hydrogen-bond donors (Lipinski definition) is 1. The van der Waals surface area contributed by atoms with Crippen molar-refractivity contribution in [2.45, 2.75) is 18.9 Å². The average molecular weight is 240 g/mol. The Hall–Kier alpha value is -2.10. The van der Waals surface area contributed by atoms with Gasteiger partial charge in [0.25, 0.3) is 0 Å². The van der Waals surface area contributed by atoms with Gasteiger partial charge in [-0.05, 0) is 31.0 Å². The number of nitrogen functional groups attached to an aromatic ring is 1. The van der Waals surface area contributed by atoms with Crippen LogP contribution in [0.4, 0.5) is 11.4 Å². The molecule has 1 aromatic carbocycles. The largest absolute Gasteiger partial charge is 0.399 e. The van der Waals surface area contributed by atoms with Crippen LogP contribution in [0.3, 0.4) is 0 Å². The minimum absolute atomic E-state index is 0.320. The third-order valence-corrected chi connectivity index (χ3v) is 3.38. The highest BCUT2D eigenvalue weighted by molar-refractivity contribution is 5.57. The predicted molar refractivity (Wildman–Crippen MR) is 72.2 cm³/mol. The zero-order chi connectivity index (χ0) is 12.4. The van der Waals surface area contributed by atoms with Crippen LogP contribution in [0.5, 0.6) is 0 Å². The summed E-state index contributed by atoms with van der Waals surface area (Å²) in [6.07, 6.45) is 7.62. The average Bonchev–Trinajstić information content (AvgIpc) is 2.89. The summed E-state index contributed by atoms with van der Waals surface area (Å²) in [5.74, 6) is 0. The van der Waals surface area contributed by atoms with Crippen LogP contribution < -0.4 is 10.6 Å². The second-order valence-corrected chi connectivity index (χ2v) is 4.58. The normalized spacial score (nSPS) is 19.1. The lowest BCUT2D eigenvalue weighted by molar-refractivity contribution is 0.689. The zero-order valence-corrected chi connectivity index (χ0v) is 10.2. The predicted octanol–water partition coefficient (Wildman–Crippen LogP) is 2.40. The van der Waals surface area contributed by atoms with Crippen molar-refractivity contribution in [1.82, 2.24) is 9.97 Å². The molecule has 0 aliphatic carbocycles. The Morgan fingerprint density at radius 3 is 3.00 bits per heavy atom. The molecule has 2 heterocycles. The van der Waals surface area contributed by atoms with E-state index in [0.29, 0.717) is 6.04 Å². The van der Waals surface area contributed by atoms with Gasteiger partial charge in [0, 0.05) is 30.3 Å². The van der Waals surface area contributed by atoms with E-state index in [1.165, 1.54) is 12.1 Å². The molecule has 0 amide bonds. The summed E-state index contributed by atoms with van der Waals surface area (Å²) in [6, 6.07) is 8.35. The van der Waals surface area contributed by atoms with Crippen molar-refractivity contribution in [3.63, 3.8) is 0 Å². The van der Waals surface area contributed by atoms with Crippen LogP contribution in [0, 0.1) is 0 Å². The van der Waals surface area contributed by atoms with E-state index in [-0.39, 0.29) is 0 Å². The van der Waals surface area contributed by atoms with Gasteiger partial charge in [-0.25, -0.2) is 0 Å². The van der Waals surface area contributed by atoms with Crippen LogP contribution in [0.1, 0.15) is 24.6 Å². The Labute approximate surface area is 106 Å². The first kappa shape index (κ1) is 11.0. The van der Waals surface area contributed by atoms with E-state index in [4.69, 9.17) is 5.73 Å². The topological polar surface area (TPSA) is 55.0 Å². The molecule has 2 N–H and O–H groups in total. The Morgan fingerprint density at radius 2 is 2.22 bits per heavy atom. The molecule has 1 unspecified atom stereocenters. The van der Waals surface area contributed by atoms with E-state index in [1.54, 1.807) is 12.4 Å². The summed E-state index contributed by atoms with van der Waals surface area (Å²) in [6.45, 7) is 1.05. The molecule has 0 spiro atoms. The molecule has 18 heavy (non-hydrogen) atoms. The van der Waals surface area contributed by atoms with Gasteiger partial charge in [0.15, 0.2) is 0 Å². The Kier molecular flexibility index (Phi) is 2.84. The van der Waals surface area contributed by atoms with E-state index >= 15 is 0 Å². The number of aromatic nitrogens is 2. The first-order chi connectivity index (χ1) is 8.84. The highest BCUT2D eigenvalue weighted by Gasteiger charge is 2.27. The molecule has 1 aromatic heterocycles. The minimum Gasteiger partial charge on any atom is -0.399 e. The van der Waals surface area contributed by atoms with Gasteiger partial charge in [0.2, 0.25) is 0 Å². The van der Waals surface area contributed by atoms with Crippen LogP contribution in [0.25, 0.3) is 0 Å². The standard InChI is InChI=1S/C14H16N4/c15-11-3-1-4-12(9-11)18-8-2-5-14(18)13-10-16-6-7-17-13/h1,3-4,6-7,9-10,14H,2,5,8,15H2. The number of benzene rings is 1. The maximum absolute atomic E-state index is 5.86. The molecular weight excluding hydrogens is 224 g/mol. The molecule has 1 aliphatic rings. The highest BCUT2D eigenvalue weighted by atomic mass is 15.2. The van der Waals surface area contributed by atoms with Gasteiger partial charge in [-0.2, -0.15) is 0 Å². The van der Waals surface area contributed by atoms with Crippen molar-refractivity contribution < 1.29 is 0 Å². The van der Waals surface area contributed by atoms with Gasteiger partial charge in [-0.1, -0.05) is 6.07 Å². The molecular formula is C14H16N4. The molecule has 0 radical (unpaired) electrons. The van der Waals surface area contributed by atoms with Crippen LogP contribution in [-0.4, -0.2) is 16.5 Å². The zero-order valence-electron chi connectivity index (χ0n) is 10.2. The third kappa shape index (κ3) is 2.01. The molecule has 0 bridgehead atoms. The fourth-order valence-electron chi connectivity index (χ4n) is 2.57. The number of nitrogens with two attached hydrogens (primary N) is 1. The summed E-state index contributed by atoms with van der Waals surface area (Å²) >= 11 is 0. The summed E-state index contributed by atoms with van der Waals surface area (Å²) < 4.78 is 0.